The van der Waals surface area contributed by atoms with E-state index in [1.807, 2.05) is 72.8 Å². The van der Waals surface area contributed by atoms with Gasteiger partial charge in [-0.05, 0) is 68.6 Å². The summed E-state index contributed by atoms with van der Waals surface area (Å²) in [6.07, 6.45) is 3.66. The maximum atomic E-state index is 13.1. The SMILES string of the molecule is C.Cl.O=C(c1ccccc1)c1ccccc1NC(=O)[C@@H]1CCCN1.O=C(c1ccccc1)c1ccccc1NC(=O)[C@@H]1CCCN1Cc1ccccc1. The van der Waals surface area contributed by atoms with Crippen molar-refractivity contribution in [1.29, 1.82) is 0 Å². The second kappa shape index (κ2) is 20.0. The zero-order valence-corrected chi connectivity index (χ0v) is 29.7. The molecule has 2 aliphatic rings. The number of nitrogens with zero attached hydrogens (tertiary/aromatic N) is 1. The first-order valence-corrected chi connectivity index (χ1v) is 17.5. The van der Waals surface area contributed by atoms with Gasteiger partial charge in [-0.25, -0.2) is 0 Å². The van der Waals surface area contributed by atoms with Crippen molar-refractivity contribution in [3.8, 4) is 0 Å². The first-order chi connectivity index (χ1) is 25.0. The molecular weight excluding hydrogens is 684 g/mol. The van der Waals surface area contributed by atoms with Crippen molar-refractivity contribution < 1.29 is 19.2 Å². The third-order valence-electron chi connectivity index (χ3n) is 9.20. The van der Waals surface area contributed by atoms with Gasteiger partial charge in [-0.1, -0.05) is 123 Å². The van der Waals surface area contributed by atoms with E-state index >= 15 is 0 Å². The molecule has 5 aromatic carbocycles. The highest BCUT2D eigenvalue weighted by atomic mass is 35.5. The molecule has 2 heterocycles. The van der Waals surface area contributed by atoms with E-state index in [2.05, 4.69) is 33.0 Å². The van der Waals surface area contributed by atoms with E-state index in [0.29, 0.717) is 33.6 Å². The van der Waals surface area contributed by atoms with Crippen molar-refractivity contribution in [2.24, 2.45) is 0 Å². The van der Waals surface area contributed by atoms with E-state index in [4.69, 9.17) is 0 Å². The number of halogens is 1. The summed E-state index contributed by atoms with van der Waals surface area (Å²) < 4.78 is 0. The predicted molar refractivity (Wildman–Crippen MR) is 215 cm³/mol. The summed E-state index contributed by atoms with van der Waals surface area (Å²) >= 11 is 0. The monoisotopic (exact) mass is 730 g/mol. The molecule has 2 saturated heterocycles. The molecule has 7 rings (SSSR count). The van der Waals surface area contributed by atoms with Crippen LogP contribution in [-0.4, -0.2) is 53.5 Å². The summed E-state index contributed by atoms with van der Waals surface area (Å²) in [5, 5.41) is 9.06. The van der Waals surface area contributed by atoms with E-state index in [9.17, 15) is 19.2 Å². The van der Waals surface area contributed by atoms with Crippen molar-refractivity contribution >= 4 is 47.2 Å². The number of likely N-dealkylation sites (tertiary alicyclic amines) is 1. The van der Waals surface area contributed by atoms with Crippen LogP contribution in [0.15, 0.2) is 140 Å². The molecule has 9 heteroatoms. The highest BCUT2D eigenvalue weighted by molar-refractivity contribution is 6.15. The maximum Gasteiger partial charge on any atom is 0.241 e. The Kier molecular flexibility index (Phi) is 15.2. The largest absolute Gasteiger partial charge is 0.324 e. The van der Waals surface area contributed by atoms with Gasteiger partial charge in [-0.2, -0.15) is 0 Å². The molecular formula is C44H47ClN4O4. The molecule has 8 nitrogen and oxygen atoms in total. The lowest BCUT2D eigenvalue weighted by Crippen LogP contribution is -2.39. The van der Waals surface area contributed by atoms with Gasteiger partial charge in [0.15, 0.2) is 11.6 Å². The highest BCUT2D eigenvalue weighted by Gasteiger charge is 2.31. The van der Waals surface area contributed by atoms with Gasteiger partial charge in [0.25, 0.3) is 0 Å². The zero-order valence-electron chi connectivity index (χ0n) is 28.9. The summed E-state index contributed by atoms with van der Waals surface area (Å²) in [5.41, 5.74) is 4.59. The number of rotatable bonds is 10. The van der Waals surface area contributed by atoms with E-state index < -0.39 is 0 Å². The Morgan fingerprint density at radius 3 is 1.57 bits per heavy atom. The Bertz CT molecular complexity index is 1950. The zero-order chi connectivity index (χ0) is 35.4. The van der Waals surface area contributed by atoms with Crippen LogP contribution in [0.25, 0.3) is 0 Å². The standard InChI is InChI=1S/C25H24N2O2.C18H18N2O2.CH4.ClH/c28-24(20-12-5-2-6-13-20)21-14-7-8-15-22(21)26-25(29)23-16-9-17-27(23)18-19-10-3-1-4-11-19;21-17(13-7-2-1-3-8-13)14-9-4-5-10-15(14)20-18(22)16-11-6-12-19-16;;/h1-8,10-15,23H,9,16-18H2,(H,26,29);1-5,7-10,16,19H,6,11-12H2,(H,20,22);1H4;1H/t23-;16-;;/m00../s1. The molecule has 0 spiro atoms. The van der Waals surface area contributed by atoms with Gasteiger partial charge >= 0.3 is 0 Å². The van der Waals surface area contributed by atoms with Crippen LogP contribution in [0.2, 0.25) is 0 Å². The normalized spacial score (nSPS) is 16.2. The van der Waals surface area contributed by atoms with Crippen molar-refractivity contribution in [1.82, 2.24) is 10.2 Å². The number of anilines is 2. The summed E-state index contributed by atoms with van der Waals surface area (Å²) in [6.45, 7) is 2.52. The number of carbonyl (C=O) groups excluding carboxylic acids is 4. The molecule has 2 amide bonds. The summed E-state index contributed by atoms with van der Waals surface area (Å²) in [7, 11) is 0. The molecule has 274 valence electrons. The molecule has 5 aromatic rings. The maximum absolute atomic E-state index is 13.1. The van der Waals surface area contributed by atoms with Crippen molar-refractivity contribution in [2.45, 2.75) is 51.7 Å². The summed E-state index contributed by atoms with van der Waals surface area (Å²) in [4.78, 5) is 53.0. The molecule has 0 saturated carbocycles. The van der Waals surface area contributed by atoms with E-state index in [1.54, 1.807) is 54.6 Å². The Hall–Kier alpha value is -5.41. The van der Waals surface area contributed by atoms with Gasteiger partial charge in [0, 0.05) is 28.8 Å². The molecule has 2 aliphatic heterocycles. The minimum Gasteiger partial charge on any atom is -0.324 e. The van der Waals surface area contributed by atoms with Crippen LogP contribution in [0.1, 0.15) is 70.5 Å². The quantitative estimate of drug-likeness (QED) is 0.125. The Morgan fingerprint density at radius 1 is 0.585 bits per heavy atom. The number of carbonyl (C=O) groups is 4. The van der Waals surface area contributed by atoms with Crippen LogP contribution >= 0.6 is 12.4 Å². The van der Waals surface area contributed by atoms with Crippen molar-refractivity contribution in [3.63, 3.8) is 0 Å². The smallest absolute Gasteiger partial charge is 0.241 e. The van der Waals surface area contributed by atoms with Gasteiger partial charge in [-0.15, -0.1) is 12.4 Å². The van der Waals surface area contributed by atoms with Gasteiger partial charge in [0.1, 0.15) is 0 Å². The second-order valence-corrected chi connectivity index (χ2v) is 12.7. The molecule has 0 aliphatic carbocycles. The fourth-order valence-electron chi connectivity index (χ4n) is 6.54. The lowest BCUT2D eigenvalue weighted by molar-refractivity contribution is -0.120. The fourth-order valence-corrected chi connectivity index (χ4v) is 6.54. The van der Waals surface area contributed by atoms with Gasteiger partial charge < -0.3 is 16.0 Å². The minimum absolute atomic E-state index is 0. The number of nitrogens with one attached hydrogen (secondary N) is 3. The first kappa shape index (κ1) is 40.4. The summed E-state index contributed by atoms with van der Waals surface area (Å²) in [6, 6.07) is 42.4. The topological polar surface area (TPSA) is 108 Å². The third kappa shape index (κ3) is 10.6. The average molecular weight is 731 g/mol. The lowest BCUT2D eigenvalue weighted by Gasteiger charge is -2.24. The van der Waals surface area contributed by atoms with Crippen LogP contribution in [0.3, 0.4) is 0 Å². The van der Waals surface area contributed by atoms with Gasteiger partial charge in [-0.3, -0.25) is 24.1 Å². The highest BCUT2D eigenvalue weighted by Crippen LogP contribution is 2.25. The Labute approximate surface area is 318 Å². The van der Waals surface area contributed by atoms with Gasteiger partial charge in [0.05, 0.1) is 23.5 Å². The molecule has 53 heavy (non-hydrogen) atoms. The van der Waals surface area contributed by atoms with E-state index in [0.717, 1.165) is 45.3 Å². The predicted octanol–water partition coefficient (Wildman–Crippen LogP) is 8.19. The number of ketones is 2. The van der Waals surface area contributed by atoms with Crippen LogP contribution in [0, 0.1) is 0 Å². The van der Waals surface area contributed by atoms with E-state index in [-0.39, 0.29) is 55.3 Å². The molecule has 0 radical (unpaired) electrons. The van der Waals surface area contributed by atoms with Crippen LogP contribution in [0.4, 0.5) is 11.4 Å². The number of hydrogen-bond donors (Lipinski definition) is 3. The third-order valence-corrected chi connectivity index (χ3v) is 9.20. The molecule has 0 unspecified atom stereocenters. The minimum atomic E-state index is -0.185. The van der Waals surface area contributed by atoms with Crippen LogP contribution < -0.4 is 16.0 Å². The molecule has 2 atom stereocenters. The number of hydrogen-bond acceptors (Lipinski definition) is 6. The lowest BCUT2D eigenvalue weighted by atomic mass is 10.0. The van der Waals surface area contributed by atoms with Crippen molar-refractivity contribution in [3.05, 3.63) is 167 Å². The molecule has 0 bridgehead atoms. The Balaban J connectivity index is 0.000000236. The average Bonchev–Trinajstić information content (AvgIpc) is 3.90. The molecule has 0 aromatic heterocycles. The van der Waals surface area contributed by atoms with Crippen molar-refractivity contribution in [2.75, 3.05) is 23.7 Å². The number of benzene rings is 5. The number of para-hydroxylation sites is 2. The summed E-state index contributed by atoms with van der Waals surface area (Å²) in [5.74, 6) is -0.303. The van der Waals surface area contributed by atoms with E-state index in [1.165, 1.54) is 5.56 Å². The molecule has 3 N–H and O–H groups in total. The molecule has 2 fully saturated rings. The van der Waals surface area contributed by atoms with Gasteiger partial charge in [0.2, 0.25) is 11.8 Å². The van der Waals surface area contributed by atoms with Crippen LogP contribution in [-0.2, 0) is 16.1 Å². The number of amides is 2. The fraction of sp³-hybridized carbons (Fsp3) is 0.227. The second-order valence-electron chi connectivity index (χ2n) is 12.7. The first-order valence-electron chi connectivity index (χ1n) is 17.5. The van der Waals surface area contributed by atoms with Crippen LogP contribution in [0.5, 0.6) is 0 Å². The Morgan fingerprint density at radius 2 is 1.06 bits per heavy atom.